The molecule has 1 saturated carbocycles. The molecule has 3 aliphatic rings. The maximum absolute atomic E-state index is 13.4. The normalized spacial score (nSPS) is 22.2. The summed E-state index contributed by atoms with van der Waals surface area (Å²) in [4.78, 5) is 13.4. The van der Waals surface area contributed by atoms with Gasteiger partial charge in [-0.25, -0.2) is 0 Å². The summed E-state index contributed by atoms with van der Waals surface area (Å²) < 4.78 is 49.9. The average Bonchev–Trinajstić information content (AvgIpc) is 3.33. The smallest absolute Gasteiger partial charge is 0.395 e. The van der Waals surface area contributed by atoms with Crippen molar-refractivity contribution in [3.8, 4) is 11.5 Å². The fourth-order valence-corrected chi connectivity index (χ4v) is 5.22. The van der Waals surface area contributed by atoms with E-state index in [0.29, 0.717) is 37.2 Å². The summed E-state index contributed by atoms with van der Waals surface area (Å²) in [6.45, 7) is 11.0. The molecular weight excluding hydrogens is 482 g/mol. The molecule has 2 aliphatic heterocycles. The van der Waals surface area contributed by atoms with Crippen LogP contribution in [0.5, 0.6) is 11.5 Å². The molecule has 2 aromatic carbocycles. The number of ether oxygens (including phenoxy) is 4. The van der Waals surface area contributed by atoms with Crippen LogP contribution in [0, 0.1) is 0 Å². The van der Waals surface area contributed by atoms with Crippen molar-refractivity contribution in [2.45, 2.75) is 63.8 Å². The average molecular weight is 511 g/mol. The highest BCUT2D eigenvalue weighted by Crippen LogP contribution is 2.52. The van der Waals surface area contributed by atoms with Crippen molar-refractivity contribution in [2.75, 3.05) is 11.9 Å². The second kappa shape index (κ2) is 8.03. The van der Waals surface area contributed by atoms with Crippen LogP contribution in [0.1, 0.15) is 44.9 Å². The molecule has 0 unspecified atom stereocenters. The number of halogens is 2. The van der Waals surface area contributed by atoms with Gasteiger partial charge in [0.15, 0.2) is 17.3 Å². The third-order valence-corrected chi connectivity index (χ3v) is 7.19. The van der Waals surface area contributed by atoms with Gasteiger partial charge in [0.1, 0.15) is 6.10 Å². The quantitative estimate of drug-likeness (QED) is 0.453. The lowest BCUT2D eigenvalue weighted by Crippen LogP contribution is -2.28. The number of alkyl halides is 2. The summed E-state index contributed by atoms with van der Waals surface area (Å²) in [6, 6.07) is 12.4. The fraction of sp³-hybridized carbons (Fsp3) is 0.393. The first-order valence-corrected chi connectivity index (χ1v) is 12.3. The largest absolute Gasteiger partial charge is 0.586 e. The first-order chi connectivity index (χ1) is 17.4. The van der Waals surface area contributed by atoms with Gasteiger partial charge in [-0.15, -0.1) is 8.78 Å². The van der Waals surface area contributed by atoms with E-state index < -0.39 is 17.5 Å². The molecule has 7 nitrogen and oxygen atoms in total. The number of hydrogen-bond donors (Lipinski definition) is 1. The Bertz CT molecular complexity index is 1440. The molecule has 1 N–H and O–H groups in total. The monoisotopic (exact) mass is 510 g/mol. The van der Waals surface area contributed by atoms with Gasteiger partial charge in [0.25, 0.3) is 0 Å². The molecule has 0 radical (unpaired) electrons. The maximum Gasteiger partial charge on any atom is 0.586 e. The molecule has 1 aliphatic carbocycles. The predicted octanol–water partition coefficient (Wildman–Crippen LogP) is 5.82. The standard InChI is InChI=1S/C28H28F2N2O5/c1-16(2)22-12-17-11-19(6-7-21(17)32(22)14-20-15-34-26(3,4)35-20)31-25(33)27(9-10-27)18-5-8-23-24(13-18)37-28(29,30)36-23/h5-8,11-13,20H,1,9-10,14-15H2,2-4H3,(H,31,33)/t20-/m1/s1. The molecule has 6 rings (SSSR count). The van der Waals surface area contributed by atoms with Crippen molar-refractivity contribution in [3.05, 3.63) is 60.3 Å². The Balaban J connectivity index is 1.24. The first kappa shape index (κ1) is 23.9. The zero-order valence-corrected chi connectivity index (χ0v) is 20.9. The highest BCUT2D eigenvalue weighted by atomic mass is 19.3. The molecule has 194 valence electrons. The molecule has 0 bridgehead atoms. The minimum Gasteiger partial charge on any atom is -0.395 e. The highest BCUT2D eigenvalue weighted by molar-refractivity contribution is 6.03. The summed E-state index contributed by atoms with van der Waals surface area (Å²) in [5.41, 5.74) is 3.41. The Morgan fingerprint density at radius 1 is 1.11 bits per heavy atom. The van der Waals surface area contributed by atoms with Crippen LogP contribution in [0.3, 0.4) is 0 Å². The topological polar surface area (TPSA) is 71.0 Å². The lowest BCUT2D eigenvalue weighted by molar-refractivity contribution is -0.286. The van der Waals surface area contributed by atoms with Gasteiger partial charge in [0, 0.05) is 22.3 Å². The zero-order chi connectivity index (χ0) is 26.2. The number of hydrogen-bond acceptors (Lipinski definition) is 5. The van der Waals surface area contributed by atoms with Gasteiger partial charge >= 0.3 is 6.29 Å². The van der Waals surface area contributed by atoms with Crippen molar-refractivity contribution >= 4 is 28.1 Å². The number of carbonyl (C=O) groups excluding carboxylic acids is 1. The van der Waals surface area contributed by atoms with Crippen molar-refractivity contribution in [2.24, 2.45) is 0 Å². The van der Waals surface area contributed by atoms with Crippen LogP contribution in [-0.4, -0.2) is 35.3 Å². The molecule has 0 spiro atoms. The predicted molar refractivity (Wildman–Crippen MR) is 134 cm³/mol. The summed E-state index contributed by atoms with van der Waals surface area (Å²) in [5.74, 6) is -0.884. The van der Waals surface area contributed by atoms with E-state index in [1.807, 2.05) is 39.0 Å². The fourth-order valence-electron chi connectivity index (χ4n) is 5.22. The van der Waals surface area contributed by atoms with Gasteiger partial charge in [-0.2, -0.15) is 0 Å². The molecule has 1 saturated heterocycles. The number of allylic oxidation sites excluding steroid dienone is 1. The number of benzene rings is 2. The van der Waals surface area contributed by atoms with Crippen molar-refractivity contribution in [1.82, 2.24) is 4.57 Å². The zero-order valence-electron chi connectivity index (χ0n) is 20.9. The van der Waals surface area contributed by atoms with E-state index >= 15 is 0 Å². The molecule has 37 heavy (non-hydrogen) atoms. The second-order valence-electron chi connectivity index (χ2n) is 10.5. The van der Waals surface area contributed by atoms with Gasteiger partial charge < -0.3 is 28.8 Å². The van der Waals surface area contributed by atoms with Crippen LogP contribution < -0.4 is 14.8 Å². The van der Waals surface area contributed by atoms with E-state index in [4.69, 9.17) is 9.47 Å². The van der Waals surface area contributed by atoms with E-state index in [2.05, 4.69) is 32.0 Å². The Morgan fingerprint density at radius 3 is 2.54 bits per heavy atom. The number of rotatable bonds is 6. The van der Waals surface area contributed by atoms with Gasteiger partial charge in [0.2, 0.25) is 5.91 Å². The summed E-state index contributed by atoms with van der Waals surface area (Å²) in [6.07, 6.45) is -2.54. The summed E-state index contributed by atoms with van der Waals surface area (Å²) in [7, 11) is 0. The molecule has 1 aromatic heterocycles. The van der Waals surface area contributed by atoms with E-state index in [-0.39, 0.29) is 23.5 Å². The number of nitrogens with zero attached hydrogens (tertiary/aromatic N) is 1. The van der Waals surface area contributed by atoms with Crippen LogP contribution in [0.4, 0.5) is 14.5 Å². The number of aromatic nitrogens is 1. The Labute approximate surface area is 212 Å². The Kier molecular flexibility index (Phi) is 5.20. The third-order valence-electron chi connectivity index (χ3n) is 7.19. The van der Waals surface area contributed by atoms with E-state index in [9.17, 15) is 13.6 Å². The number of anilines is 1. The van der Waals surface area contributed by atoms with Crippen LogP contribution in [0.15, 0.2) is 49.0 Å². The van der Waals surface area contributed by atoms with E-state index in [1.165, 1.54) is 12.1 Å². The lowest BCUT2D eigenvalue weighted by atomic mass is 9.94. The molecule has 3 aromatic rings. The molecule has 1 atom stereocenters. The minimum absolute atomic E-state index is 0.0358. The van der Waals surface area contributed by atoms with Crippen molar-refractivity contribution in [1.29, 1.82) is 0 Å². The van der Waals surface area contributed by atoms with Crippen LogP contribution in [0.25, 0.3) is 16.5 Å². The molecule has 3 heterocycles. The molecule has 9 heteroatoms. The molecule has 2 fully saturated rings. The van der Waals surface area contributed by atoms with E-state index in [1.54, 1.807) is 6.07 Å². The number of amides is 1. The van der Waals surface area contributed by atoms with Crippen molar-refractivity contribution < 1.29 is 32.5 Å². The molecular formula is C28H28F2N2O5. The van der Waals surface area contributed by atoms with Gasteiger partial charge in [0.05, 0.1) is 18.6 Å². The SMILES string of the molecule is C=C(C)c1cc2cc(NC(=O)C3(c4ccc5c(c4)OC(F)(F)O5)CC3)ccc2n1C[C@@H]1COC(C)(C)O1. The first-order valence-electron chi connectivity index (χ1n) is 12.3. The van der Waals surface area contributed by atoms with Crippen molar-refractivity contribution in [3.63, 3.8) is 0 Å². The number of fused-ring (bicyclic) bond motifs is 2. The Hall–Kier alpha value is -3.43. The number of nitrogens with one attached hydrogen (secondary N) is 1. The maximum atomic E-state index is 13.4. The number of carbonyl (C=O) groups is 1. The third kappa shape index (κ3) is 4.26. The van der Waals surface area contributed by atoms with Gasteiger partial charge in [-0.3, -0.25) is 4.79 Å². The highest BCUT2D eigenvalue weighted by Gasteiger charge is 2.52. The van der Waals surface area contributed by atoms with Gasteiger partial charge in [-0.05, 0) is 81.1 Å². The second-order valence-corrected chi connectivity index (χ2v) is 10.5. The van der Waals surface area contributed by atoms with E-state index in [0.717, 1.165) is 22.2 Å². The van der Waals surface area contributed by atoms with Crippen LogP contribution >= 0.6 is 0 Å². The Morgan fingerprint density at radius 2 is 1.86 bits per heavy atom. The van der Waals surface area contributed by atoms with Gasteiger partial charge in [-0.1, -0.05) is 12.6 Å². The van der Waals surface area contributed by atoms with Crippen LogP contribution in [0.2, 0.25) is 0 Å². The molecule has 1 amide bonds. The minimum atomic E-state index is -3.69. The van der Waals surface area contributed by atoms with Crippen LogP contribution in [-0.2, 0) is 26.2 Å². The summed E-state index contributed by atoms with van der Waals surface area (Å²) >= 11 is 0. The lowest BCUT2D eigenvalue weighted by Gasteiger charge is -2.19. The summed E-state index contributed by atoms with van der Waals surface area (Å²) in [5, 5.41) is 3.99.